The summed E-state index contributed by atoms with van der Waals surface area (Å²) in [7, 11) is 2.70. The van der Waals surface area contributed by atoms with E-state index in [1.807, 2.05) is 0 Å². The van der Waals surface area contributed by atoms with Gasteiger partial charge >= 0.3 is 12.4 Å². The molecule has 12 heteroatoms. The Kier molecular flexibility index (Phi) is 7.11. The summed E-state index contributed by atoms with van der Waals surface area (Å²) in [5.74, 6) is -3.14. The molecule has 38 heavy (non-hydrogen) atoms. The maximum atomic E-state index is 13.9. The van der Waals surface area contributed by atoms with Crippen LogP contribution in [-0.4, -0.2) is 34.9 Å². The van der Waals surface area contributed by atoms with Crippen molar-refractivity contribution in [3.63, 3.8) is 0 Å². The van der Waals surface area contributed by atoms with Gasteiger partial charge in [0.2, 0.25) is 0 Å². The minimum atomic E-state index is -4.65. The van der Waals surface area contributed by atoms with Gasteiger partial charge in [0.25, 0.3) is 11.5 Å². The summed E-state index contributed by atoms with van der Waals surface area (Å²) >= 11 is 0. The lowest BCUT2D eigenvalue weighted by Crippen LogP contribution is -2.46. The topological polar surface area (TPSA) is 71.8 Å². The molecule has 0 bridgehead atoms. The first kappa shape index (κ1) is 27.3. The number of pyridine rings is 1. The van der Waals surface area contributed by atoms with Crippen molar-refractivity contribution in [3.05, 3.63) is 63.9 Å². The van der Waals surface area contributed by atoms with Crippen LogP contribution < -0.4 is 15.2 Å². The second-order valence-electron chi connectivity index (χ2n) is 9.21. The zero-order valence-electron chi connectivity index (χ0n) is 20.4. The van der Waals surface area contributed by atoms with Gasteiger partial charge in [-0.05, 0) is 62.1 Å². The van der Waals surface area contributed by atoms with Crippen molar-refractivity contribution in [2.75, 3.05) is 12.0 Å². The minimum Gasteiger partial charge on any atom is -0.506 e. The van der Waals surface area contributed by atoms with Gasteiger partial charge in [0.15, 0.2) is 0 Å². The van der Waals surface area contributed by atoms with Crippen LogP contribution in [0.2, 0.25) is 0 Å². The fourth-order valence-corrected chi connectivity index (χ4v) is 4.99. The summed E-state index contributed by atoms with van der Waals surface area (Å²) in [6.45, 7) is 0. The van der Waals surface area contributed by atoms with Crippen LogP contribution in [0.15, 0.2) is 47.3 Å². The fourth-order valence-electron chi connectivity index (χ4n) is 4.99. The van der Waals surface area contributed by atoms with Gasteiger partial charge in [0, 0.05) is 18.8 Å². The molecule has 4 rings (SSSR count). The van der Waals surface area contributed by atoms with E-state index in [9.17, 15) is 41.0 Å². The molecule has 1 amide bonds. The molecule has 1 saturated carbocycles. The number of ether oxygens (including phenoxy) is 1. The minimum absolute atomic E-state index is 0.0416. The predicted octanol–water partition coefficient (Wildman–Crippen LogP) is 6.04. The van der Waals surface area contributed by atoms with Gasteiger partial charge in [-0.15, -0.1) is 0 Å². The van der Waals surface area contributed by atoms with Gasteiger partial charge in [-0.25, -0.2) is 0 Å². The Labute approximate surface area is 213 Å². The Morgan fingerprint density at radius 1 is 1.00 bits per heavy atom. The molecular weight excluding hydrogens is 518 g/mol. The lowest BCUT2D eigenvalue weighted by Gasteiger charge is -2.37. The number of nitrogens with zero attached hydrogens (tertiary/aromatic N) is 2. The van der Waals surface area contributed by atoms with Crippen molar-refractivity contribution in [2.24, 2.45) is 13.0 Å². The Bertz CT molecular complexity index is 1400. The van der Waals surface area contributed by atoms with Crippen molar-refractivity contribution in [1.29, 1.82) is 0 Å². The number of amides is 1. The SMILES string of the molecule is COc1cccc2c1c(O)c(C(=O)N(c1ccc(C(F)(F)F)cc1)C1CCC(C(F)(F)F)CC1)c(=O)n2C. The number of aromatic hydroxyl groups is 1. The molecule has 0 saturated heterocycles. The molecule has 1 heterocycles. The van der Waals surface area contributed by atoms with E-state index in [2.05, 4.69) is 0 Å². The van der Waals surface area contributed by atoms with Crippen LogP contribution in [-0.2, 0) is 13.2 Å². The molecule has 6 nitrogen and oxygen atoms in total. The highest BCUT2D eigenvalue weighted by Gasteiger charge is 2.44. The van der Waals surface area contributed by atoms with Crippen LogP contribution in [0.25, 0.3) is 10.9 Å². The molecule has 0 unspecified atom stereocenters. The molecule has 0 spiro atoms. The molecule has 1 N–H and O–H groups in total. The fraction of sp³-hybridized carbons (Fsp3) is 0.385. The largest absolute Gasteiger partial charge is 0.506 e. The first-order chi connectivity index (χ1) is 17.8. The number of methoxy groups -OCH3 is 1. The number of aryl methyl sites for hydroxylation is 1. The molecule has 1 aromatic heterocycles. The predicted molar refractivity (Wildman–Crippen MR) is 127 cm³/mol. The normalized spacial score (nSPS) is 18.4. The second-order valence-corrected chi connectivity index (χ2v) is 9.21. The number of aromatic nitrogens is 1. The van der Waals surface area contributed by atoms with Gasteiger partial charge in [-0.3, -0.25) is 9.59 Å². The number of carbonyl (C=O) groups is 1. The molecule has 2 aromatic carbocycles. The molecule has 0 aliphatic heterocycles. The number of carbonyl (C=O) groups excluding carboxylic acids is 1. The third-order valence-corrected chi connectivity index (χ3v) is 7.01. The number of hydrogen-bond donors (Lipinski definition) is 1. The van der Waals surface area contributed by atoms with Crippen LogP contribution in [0.4, 0.5) is 32.0 Å². The lowest BCUT2D eigenvalue weighted by molar-refractivity contribution is -0.182. The van der Waals surface area contributed by atoms with Gasteiger partial charge in [0.1, 0.15) is 17.1 Å². The number of fused-ring (bicyclic) bond motifs is 1. The Hall–Kier alpha value is -3.70. The first-order valence-electron chi connectivity index (χ1n) is 11.7. The smallest absolute Gasteiger partial charge is 0.416 e. The molecule has 0 atom stereocenters. The Morgan fingerprint density at radius 2 is 1.61 bits per heavy atom. The van der Waals surface area contributed by atoms with Crippen molar-refractivity contribution in [3.8, 4) is 11.5 Å². The quantitative estimate of drug-likeness (QED) is 0.408. The van der Waals surface area contributed by atoms with E-state index >= 15 is 0 Å². The first-order valence-corrected chi connectivity index (χ1v) is 11.7. The highest BCUT2D eigenvalue weighted by atomic mass is 19.4. The van der Waals surface area contributed by atoms with Crippen LogP contribution in [0.5, 0.6) is 11.5 Å². The Balaban J connectivity index is 1.85. The van der Waals surface area contributed by atoms with E-state index in [0.717, 1.165) is 33.7 Å². The second kappa shape index (κ2) is 9.88. The van der Waals surface area contributed by atoms with Gasteiger partial charge in [-0.1, -0.05) is 6.07 Å². The molecule has 1 aliphatic rings. The van der Waals surface area contributed by atoms with E-state index in [1.165, 1.54) is 26.3 Å². The summed E-state index contributed by atoms with van der Waals surface area (Å²) in [4.78, 5) is 28.2. The average Bonchev–Trinajstić information content (AvgIpc) is 2.86. The number of rotatable bonds is 4. The van der Waals surface area contributed by atoms with Gasteiger partial charge < -0.3 is 19.3 Å². The van der Waals surface area contributed by atoms with Crippen molar-refractivity contribution >= 4 is 22.5 Å². The molecule has 1 fully saturated rings. The number of anilines is 1. The maximum absolute atomic E-state index is 13.9. The maximum Gasteiger partial charge on any atom is 0.416 e. The summed E-state index contributed by atoms with van der Waals surface area (Å²) in [5.41, 5.74) is -2.31. The average molecular weight is 542 g/mol. The van der Waals surface area contributed by atoms with Gasteiger partial charge in [-0.2, -0.15) is 26.3 Å². The lowest BCUT2D eigenvalue weighted by atomic mass is 9.84. The van der Waals surface area contributed by atoms with Crippen LogP contribution in [0.1, 0.15) is 41.6 Å². The molecule has 0 radical (unpaired) electrons. The van der Waals surface area contributed by atoms with Crippen LogP contribution in [0, 0.1) is 5.92 Å². The Morgan fingerprint density at radius 3 is 2.13 bits per heavy atom. The van der Waals surface area contributed by atoms with Crippen LogP contribution in [0.3, 0.4) is 0 Å². The standard InChI is InChI=1S/C26H24F6N2O4/c1-33-18-4-3-5-19(38-2)20(18)22(35)21(23(33)36)24(37)34(16-10-6-14(7-11-16)25(27,28)29)17-12-8-15(9-13-17)26(30,31)32/h3-7,10-11,15,17,35H,8-9,12-13H2,1-2H3. The zero-order chi connectivity index (χ0) is 28.0. The van der Waals surface area contributed by atoms with Crippen LogP contribution >= 0.6 is 0 Å². The van der Waals surface area contributed by atoms with E-state index < -0.39 is 52.7 Å². The van der Waals surface area contributed by atoms with Crippen molar-refractivity contribution in [1.82, 2.24) is 4.57 Å². The third-order valence-electron chi connectivity index (χ3n) is 7.01. The number of hydrogen-bond acceptors (Lipinski definition) is 4. The van der Waals surface area contributed by atoms with Gasteiger partial charge in [0.05, 0.1) is 29.5 Å². The molecule has 3 aromatic rings. The molecule has 1 aliphatic carbocycles. The number of halogens is 6. The van der Waals surface area contributed by atoms with E-state index in [4.69, 9.17) is 4.74 Å². The molecular formula is C26H24F6N2O4. The van der Waals surface area contributed by atoms with E-state index in [1.54, 1.807) is 6.07 Å². The summed E-state index contributed by atoms with van der Waals surface area (Å²) in [6, 6.07) is 7.31. The summed E-state index contributed by atoms with van der Waals surface area (Å²) < 4.78 is 85.6. The third kappa shape index (κ3) is 4.91. The number of benzene rings is 2. The zero-order valence-corrected chi connectivity index (χ0v) is 20.4. The monoisotopic (exact) mass is 542 g/mol. The van der Waals surface area contributed by atoms with E-state index in [-0.39, 0.29) is 48.0 Å². The highest BCUT2D eigenvalue weighted by Crippen LogP contribution is 2.41. The molecule has 204 valence electrons. The summed E-state index contributed by atoms with van der Waals surface area (Å²) in [5, 5.41) is 11.2. The number of alkyl halides is 6. The summed E-state index contributed by atoms with van der Waals surface area (Å²) in [6.07, 6.45) is -9.87. The van der Waals surface area contributed by atoms with Crippen molar-refractivity contribution in [2.45, 2.75) is 44.1 Å². The van der Waals surface area contributed by atoms with E-state index in [0.29, 0.717) is 0 Å². The highest BCUT2D eigenvalue weighted by molar-refractivity contribution is 6.11. The van der Waals surface area contributed by atoms with Crippen molar-refractivity contribution < 1.29 is 41.0 Å².